The number of hydrogen-bond acceptors (Lipinski definition) is 5. The van der Waals surface area contributed by atoms with Gasteiger partial charge in [-0.25, -0.2) is 4.79 Å². The highest BCUT2D eigenvalue weighted by molar-refractivity contribution is 5.90. The first-order valence-corrected chi connectivity index (χ1v) is 6.74. The zero-order valence-corrected chi connectivity index (χ0v) is 11.6. The molecule has 2 N–H and O–H groups in total. The SMILES string of the molecule is COC(=O)c1ccoc1CN1CC(CN)CCC1C. The Morgan fingerprint density at radius 3 is 3.05 bits per heavy atom. The number of nitrogens with zero attached hydrogens (tertiary/aromatic N) is 1. The van der Waals surface area contributed by atoms with E-state index in [4.69, 9.17) is 14.9 Å². The van der Waals surface area contributed by atoms with Crippen LogP contribution in [0, 0.1) is 5.92 Å². The Labute approximate surface area is 113 Å². The van der Waals surface area contributed by atoms with Crippen molar-refractivity contribution in [2.75, 3.05) is 20.2 Å². The lowest BCUT2D eigenvalue weighted by molar-refractivity contribution is 0.0591. The van der Waals surface area contributed by atoms with Gasteiger partial charge in [0.15, 0.2) is 0 Å². The third kappa shape index (κ3) is 3.16. The summed E-state index contributed by atoms with van der Waals surface area (Å²) in [6.45, 7) is 4.51. The van der Waals surface area contributed by atoms with Crippen LogP contribution in [0.2, 0.25) is 0 Å². The number of piperidine rings is 1. The molecule has 2 heterocycles. The molecule has 5 nitrogen and oxygen atoms in total. The molecule has 2 atom stereocenters. The number of carbonyl (C=O) groups excluding carboxylic acids is 1. The molecule has 0 aromatic carbocycles. The summed E-state index contributed by atoms with van der Waals surface area (Å²) in [7, 11) is 1.38. The molecule has 1 saturated heterocycles. The Morgan fingerprint density at radius 2 is 2.37 bits per heavy atom. The van der Waals surface area contributed by atoms with Gasteiger partial charge in [0.1, 0.15) is 11.3 Å². The summed E-state index contributed by atoms with van der Waals surface area (Å²) < 4.78 is 10.2. The molecule has 1 fully saturated rings. The summed E-state index contributed by atoms with van der Waals surface area (Å²) in [6.07, 6.45) is 3.85. The summed E-state index contributed by atoms with van der Waals surface area (Å²) in [5, 5.41) is 0. The monoisotopic (exact) mass is 266 g/mol. The summed E-state index contributed by atoms with van der Waals surface area (Å²) in [5.74, 6) is 0.868. The molecule has 1 aromatic heterocycles. The maximum atomic E-state index is 11.6. The van der Waals surface area contributed by atoms with E-state index >= 15 is 0 Å². The Balaban J connectivity index is 2.07. The average Bonchev–Trinajstić information content (AvgIpc) is 2.88. The lowest BCUT2D eigenvalue weighted by Crippen LogP contribution is -2.43. The van der Waals surface area contributed by atoms with E-state index in [1.54, 1.807) is 6.07 Å². The van der Waals surface area contributed by atoms with Gasteiger partial charge in [0.2, 0.25) is 0 Å². The van der Waals surface area contributed by atoms with Crippen LogP contribution in [0.1, 0.15) is 35.9 Å². The van der Waals surface area contributed by atoms with E-state index in [-0.39, 0.29) is 5.97 Å². The molecule has 2 unspecified atom stereocenters. The highest BCUT2D eigenvalue weighted by Crippen LogP contribution is 2.24. The standard InChI is InChI=1S/C14H22N2O3/c1-10-3-4-11(7-15)8-16(10)9-13-12(5-6-19-13)14(17)18-2/h5-6,10-11H,3-4,7-9,15H2,1-2H3. The maximum Gasteiger partial charge on any atom is 0.341 e. The van der Waals surface area contributed by atoms with E-state index in [2.05, 4.69) is 11.8 Å². The van der Waals surface area contributed by atoms with Crippen LogP contribution in [0.15, 0.2) is 16.7 Å². The summed E-state index contributed by atoms with van der Waals surface area (Å²) in [5.41, 5.74) is 6.28. The summed E-state index contributed by atoms with van der Waals surface area (Å²) >= 11 is 0. The fraction of sp³-hybridized carbons (Fsp3) is 0.643. The van der Waals surface area contributed by atoms with Crippen molar-refractivity contribution < 1.29 is 13.9 Å². The number of hydrogen-bond donors (Lipinski definition) is 1. The molecule has 19 heavy (non-hydrogen) atoms. The van der Waals surface area contributed by atoms with Crippen molar-refractivity contribution in [3.63, 3.8) is 0 Å². The molecule has 1 aromatic rings. The number of likely N-dealkylation sites (tertiary alicyclic amines) is 1. The molecule has 0 radical (unpaired) electrons. The second kappa shape index (κ2) is 6.21. The minimum atomic E-state index is -0.344. The van der Waals surface area contributed by atoms with Crippen LogP contribution >= 0.6 is 0 Å². The minimum absolute atomic E-state index is 0.344. The molecule has 106 valence electrons. The average molecular weight is 266 g/mol. The van der Waals surface area contributed by atoms with Gasteiger partial charge in [0, 0.05) is 12.6 Å². The number of methoxy groups -OCH3 is 1. The molecule has 0 amide bonds. The van der Waals surface area contributed by atoms with Crippen molar-refractivity contribution >= 4 is 5.97 Å². The Kier molecular flexibility index (Phi) is 4.61. The van der Waals surface area contributed by atoms with Crippen LogP contribution in [0.4, 0.5) is 0 Å². The predicted molar refractivity (Wildman–Crippen MR) is 71.7 cm³/mol. The smallest absolute Gasteiger partial charge is 0.341 e. The molecule has 1 aliphatic heterocycles. The largest absolute Gasteiger partial charge is 0.467 e. The summed E-state index contributed by atoms with van der Waals surface area (Å²) in [6, 6.07) is 2.15. The van der Waals surface area contributed by atoms with Crippen molar-refractivity contribution in [1.29, 1.82) is 0 Å². The van der Waals surface area contributed by atoms with Gasteiger partial charge in [0.25, 0.3) is 0 Å². The van der Waals surface area contributed by atoms with Crippen LogP contribution in [-0.4, -0.2) is 37.1 Å². The van der Waals surface area contributed by atoms with Crippen molar-refractivity contribution in [3.8, 4) is 0 Å². The third-order valence-corrected chi connectivity index (χ3v) is 3.94. The van der Waals surface area contributed by atoms with Crippen LogP contribution in [0.5, 0.6) is 0 Å². The van der Waals surface area contributed by atoms with E-state index in [1.807, 2.05) is 0 Å². The fourth-order valence-corrected chi connectivity index (χ4v) is 2.61. The van der Waals surface area contributed by atoms with Crippen LogP contribution in [-0.2, 0) is 11.3 Å². The first-order chi connectivity index (χ1) is 9.15. The lowest BCUT2D eigenvalue weighted by atomic mass is 9.93. The topological polar surface area (TPSA) is 68.7 Å². The molecule has 1 aliphatic rings. The number of esters is 1. The second-order valence-corrected chi connectivity index (χ2v) is 5.21. The number of ether oxygens (including phenoxy) is 1. The van der Waals surface area contributed by atoms with E-state index in [0.29, 0.717) is 36.4 Å². The predicted octanol–water partition coefficient (Wildman–Crippen LogP) is 1.63. The van der Waals surface area contributed by atoms with Crippen molar-refractivity contribution in [1.82, 2.24) is 4.90 Å². The van der Waals surface area contributed by atoms with Crippen LogP contribution in [0.25, 0.3) is 0 Å². The summed E-state index contributed by atoms with van der Waals surface area (Å²) in [4.78, 5) is 13.9. The molecule has 0 saturated carbocycles. The van der Waals surface area contributed by atoms with Gasteiger partial charge in [-0.15, -0.1) is 0 Å². The Hall–Kier alpha value is -1.33. The van der Waals surface area contributed by atoms with Crippen LogP contribution in [0.3, 0.4) is 0 Å². The zero-order chi connectivity index (χ0) is 13.8. The van der Waals surface area contributed by atoms with E-state index in [1.165, 1.54) is 19.8 Å². The molecule has 0 bridgehead atoms. The fourth-order valence-electron chi connectivity index (χ4n) is 2.61. The van der Waals surface area contributed by atoms with Gasteiger partial charge in [-0.05, 0) is 38.3 Å². The van der Waals surface area contributed by atoms with E-state index in [0.717, 1.165) is 13.0 Å². The van der Waals surface area contributed by atoms with Gasteiger partial charge in [0.05, 0.1) is 19.9 Å². The quantitative estimate of drug-likeness (QED) is 0.839. The number of furan rings is 1. The highest BCUT2D eigenvalue weighted by Gasteiger charge is 2.27. The molecule has 5 heteroatoms. The molecule has 0 spiro atoms. The molecular weight excluding hydrogens is 244 g/mol. The van der Waals surface area contributed by atoms with E-state index in [9.17, 15) is 4.79 Å². The maximum absolute atomic E-state index is 11.6. The highest BCUT2D eigenvalue weighted by atomic mass is 16.5. The van der Waals surface area contributed by atoms with Crippen molar-refractivity contribution in [2.45, 2.75) is 32.4 Å². The number of carbonyl (C=O) groups is 1. The number of rotatable bonds is 4. The van der Waals surface area contributed by atoms with Crippen molar-refractivity contribution in [2.24, 2.45) is 11.7 Å². The lowest BCUT2D eigenvalue weighted by Gasteiger charge is -2.37. The number of nitrogens with two attached hydrogens (primary N) is 1. The minimum Gasteiger partial charge on any atom is -0.467 e. The third-order valence-electron chi connectivity index (χ3n) is 3.94. The van der Waals surface area contributed by atoms with Crippen molar-refractivity contribution in [3.05, 3.63) is 23.7 Å². The first-order valence-electron chi connectivity index (χ1n) is 6.74. The van der Waals surface area contributed by atoms with Gasteiger partial charge in [-0.1, -0.05) is 0 Å². The Morgan fingerprint density at radius 1 is 1.58 bits per heavy atom. The zero-order valence-electron chi connectivity index (χ0n) is 11.6. The normalized spacial score (nSPS) is 24.4. The molecule has 2 rings (SSSR count). The second-order valence-electron chi connectivity index (χ2n) is 5.21. The van der Waals surface area contributed by atoms with Gasteiger partial charge in [-0.3, -0.25) is 4.90 Å². The van der Waals surface area contributed by atoms with Gasteiger partial charge >= 0.3 is 5.97 Å². The Bertz CT molecular complexity index is 430. The van der Waals surface area contributed by atoms with Crippen LogP contribution < -0.4 is 5.73 Å². The first kappa shape index (κ1) is 14.1. The van der Waals surface area contributed by atoms with Gasteiger partial charge in [-0.2, -0.15) is 0 Å². The van der Waals surface area contributed by atoms with E-state index < -0.39 is 0 Å². The molecule has 0 aliphatic carbocycles. The molecular formula is C14H22N2O3. The van der Waals surface area contributed by atoms with Gasteiger partial charge < -0.3 is 14.9 Å².